The van der Waals surface area contributed by atoms with Crippen molar-refractivity contribution in [3.63, 3.8) is 0 Å². The van der Waals surface area contributed by atoms with Gasteiger partial charge in [0.05, 0.1) is 11.4 Å². The first-order valence-electron chi connectivity index (χ1n) is 7.03. The maximum Gasteiger partial charge on any atom is 0.330 e. The molecule has 1 atom stereocenters. The lowest BCUT2D eigenvalue weighted by molar-refractivity contribution is -0.143. The van der Waals surface area contributed by atoms with E-state index in [9.17, 15) is 14.4 Å². The average molecular weight is 302 g/mol. The van der Waals surface area contributed by atoms with Crippen LogP contribution in [-0.4, -0.2) is 30.4 Å². The third kappa shape index (κ3) is 3.52. The fraction of sp³-hybridized carbons (Fsp3) is 0.312. The molecule has 6 heteroatoms. The Bertz CT molecular complexity index is 624. The van der Waals surface area contributed by atoms with Gasteiger partial charge in [-0.25, -0.2) is 4.79 Å². The van der Waals surface area contributed by atoms with Gasteiger partial charge in [-0.05, 0) is 26.0 Å². The third-order valence-corrected chi connectivity index (χ3v) is 3.27. The van der Waals surface area contributed by atoms with Gasteiger partial charge in [0.15, 0.2) is 6.61 Å². The summed E-state index contributed by atoms with van der Waals surface area (Å²) < 4.78 is 4.91. The maximum atomic E-state index is 12.4. The molecule has 6 nitrogen and oxygen atoms in total. The van der Waals surface area contributed by atoms with E-state index < -0.39 is 5.97 Å². The van der Waals surface area contributed by atoms with Crippen LogP contribution in [0.2, 0.25) is 0 Å². The normalized spacial score (nSPS) is 17.6. The Morgan fingerprint density at radius 3 is 2.86 bits per heavy atom. The number of rotatable bonds is 3. The molecule has 0 aliphatic carbocycles. The molecule has 0 unspecified atom stereocenters. The van der Waals surface area contributed by atoms with Crippen LogP contribution in [-0.2, 0) is 19.1 Å². The minimum absolute atomic E-state index is 0.152. The molecule has 1 aliphatic rings. The Balaban J connectivity index is 2.22. The van der Waals surface area contributed by atoms with Crippen LogP contribution in [0.15, 0.2) is 36.4 Å². The first-order chi connectivity index (χ1) is 10.5. The third-order valence-electron chi connectivity index (χ3n) is 3.27. The molecule has 0 radical (unpaired) electrons. The maximum absolute atomic E-state index is 12.4. The number of nitrogens with zero attached hydrogens (tertiary/aromatic N) is 1. The van der Waals surface area contributed by atoms with Crippen molar-refractivity contribution in [1.29, 1.82) is 0 Å². The summed E-state index contributed by atoms with van der Waals surface area (Å²) in [7, 11) is 0. The lowest BCUT2D eigenvalue weighted by atomic mass is 10.1. The summed E-state index contributed by atoms with van der Waals surface area (Å²) in [4.78, 5) is 37.1. The van der Waals surface area contributed by atoms with E-state index in [0.717, 1.165) is 0 Å². The number of carbonyl (C=O) groups excluding carboxylic acids is 3. The van der Waals surface area contributed by atoms with E-state index in [-0.39, 0.29) is 30.9 Å². The largest absolute Gasteiger partial charge is 0.452 e. The van der Waals surface area contributed by atoms with E-state index in [4.69, 9.17) is 4.74 Å². The van der Waals surface area contributed by atoms with E-state index in [1.165, 1.54) is 11.0 Å². The first kappa shape index (κ1) is 15.8. The second-order valence-corrected chi connectivity index (χ2v) is 4.99. The highest BCUT2D eigenvalue weighted by molar-refractivity contribution is 6.05. The van der Waals surface area contributed by atoms with E-state index in [0.29, 0.717) is 11.4 Å². The Labute approximate surface area is 128 Å². The highest BCUT2D eigenvalue weighted by Gasteiger charge is 2.29. The van der Waals surface area contributed by atoms with Gasteiger partial charge in [-0.1, -0.05) is 18.2 Å². The molecule has 0 spiro atoms. The van der Waals surface area contributed by atoms with Crippen molar-refractivity contribution in [3.05, 3.63) is 36.4 Å². The molecular weight excluding hydrogens is 284 g/mol. The topological polar surface area (TPSA) is 75.7 Å². The van der Waals surface area contributed by atoms with Crippen molar-refractivity contribution in [2.75, 3.05) is 16.8 Å². The van der Waals surface area contributed by atoms with E-state index >= 15 is 0 Å². The summed E-state index contributed by atoms with van der Waals surface area (Å²) in [5, 5.41) is 2.77. The van der Waals surface area contributed by atoms with Crippen LogP contribution in [0.5, 0.6) is 0 Å². The molecule has 2 amide bonds. The fourth-order valence-corrected chi connectivity index (χ4v) is 2.35. The molecule has 2 rings (SSSR count). The van der Waals surface area contributed by atoms with Crippen LogP contribution in [0.3, 0.4) is 0 Å². The zero-order valence-corrected chi connectivity index (χ0v) is 12.5. The van der Waals surface area contributed by atoms with Crippen molar-refractivity contribution in [1.82, 2.24) is 0 Å². The van der Waals surface area contributed by atoms with Crippen LogP contribution in [0.25, 0.3) is 0 Å². The van der Waals surface area contributed by atoms with Crippen LogP contribution in [0, 0.1) is 0 Å². The minimum Gasteiger partial charge on any atom is -0.452 e. The molecule has 116 valence electrons. The number of anilines is 2. The van der Waals surface area contributed by atoms with E-state index in [1.807, 2.05) is 0 Å². The smallest absolute Gasteiger partial charge is 0.330 e. The monoisotopic (exact) mass is 302 g/mol. The number of hydrogen-bond donors (Lipinski definition) is 1. The number of fused-ring (bicyclic) bond motifs is 1. The van der Waals surface area contributed by atoms with Gasteiger partial charge in [-0.3, -0.25) is 9.59 Å². The number of para-hydroxylation sites is 2. The molecule has 0 bridgehead atoms. The number of amides is 2. The second kappa shape index (κ2) is 6.89. The predicted octanol–water partition coefficient (Wildman–Crippen LogP) is 1.87. The molecule has 0 aromatic heterocycles. The van der Waals surface area contributed by atoms with Gasteiger partial charge in [0.25, 0.3) is 5.91 Å². The molecule has 22 heavy (non-hydrogen) atoms. The second-order valence-electron chi connectivity index (χ2n) is 4.99. The van der Waals surface area contributed by atoms with Gasteiger partial charge in [0.1, 0.15) is 0 Å². The quantitative estimate of drug-likeness (QED) is 0.683. The summed E-state index contributed by atoms with van der Waals surface area (Å²) in [6, 6.07) is 6.73. The number of benzene rings is 1. The molecule has 0 saturated heterocycles. The lowest BCUT2D eigenvalue weighted by Gasteiger charge is -2.27. The number of ether oxygens (including phenoxy) is 1. The lowest BCUT2D eigenvalue weighted by Crippen LogP contribution is -2.41. The number of nitrogens with one attached hydrogen (secondary N) is 1. The standard InChI is InChI=1S/C16H18N2O4/c1-3-6-16(21)22-10-15(20)18-11(2)9-14(19)17-12-7-4-5-8-13(12)18/h3-8,11H,9-10H2,1-2H3,(H,17,19)/b6-3+/t11-/m0/s1. The number of allylic oxidation sites excluding steroid dienone is 1. The molecular formula is C16H18N2O4. The summed E-state index contributed by atoms with van der Waals surface area (Å²) >= 11 is 0. The Morgan fingerprint density at radius 1 is 1.41 bits per heavy atom. The van der Waals surface area contributed by atoms with Crippen molar-refractivity contribution in [2.24, 2.45) is 0 Å². The van der Waals surface area contributed by atoms with Crippen molar-refractivity contribution in [3.8, 4) is 0 Å². The van der Waals surface area contributed by atoms with Gasteiger partial charge in [-0.15, -0.1) is 0 Å². The summed E-state index contributed by atoms with van der Waals surface area (Å²) in [6.45, 7) is 3.11. The number of esters is 1. The summed E-state index contributed by atoms with van der Waals surface area (Å²) in [5.41, 5.74) is 1.18. The van der Waals surface area contributed by atoms with Crippen LogP contribution < -0.4 is 10.2 Å². The Kier molecular flexibility index (Phi) is 4.93. The number of carbonyl (C=O) groups is 3. The number of hydrogen-bond acceptors (Lipinski definition) is 4. The molecule has 1 aromatic rings. The zero-order valence-electron chi connectivity index (χ0n) is 12.5. The molecule has 1 N–H and O–H groups in total. The summed E-state index contributed by atoms with van der Waals surface area (Å²) in [5.74, 6) is -1.09. The van der Waals surface area contributed by atoms with Gasteiger partial charge < -0.3 is 15.0 Å². The highest BCUT2D eigenvalue weighted by atomic mass is 16.5. The van der Waals surface area contributed by atoms with Crippen LogP contribution in [0.1, 0.15) is 20.3 Å². The molecule has 0 fully saturated rings. The average Bonchev–Trinajstić information content (AvgIpc) is 2.59. The first-order valence-corrected chi connectivity index (χ1v) is 7.03. The summed E-state index contributed by atoms with van der Waals surface area (Å²) in [6.07, 6.45) is 2.97. The molecule has 0 saturated carbocycles. The highest BCUT2D eigenvalue weighted by Crippen LogP contribution is 2.31. The van der Waals surface area contributed by atoms with Gasteiger partial charge in [0, 0.05) is 18.5 Å². The Hall–Kier alpha value is -2.63. The molecule has 1 heterocycles. The SMILES string of the molecule is C/C=C/C(=O)OCC(=O)N1c2ccccc2NC(=O)C[C@@H]1C. The fourth-order valence-electron chi connectivity index (χ4n) is 2.35. The van der Waals surface area contributed by atoms with Gasteiger partial charge in [0.2, 0.25) is 5.91 Å². The van der Waals surface area contributed by atoms with Gasteiger partial charge in [-0.2, -0.15) is 0 Å². The van der Waals surface area contributed by atoms with Crippen LogP contribution in [0.4, 0.5) is 11.4 Å². The molecule has 1 aliphatic heterocycles. The zero-order chi connectivity index (χ0) is 16.1. The van der Waals surface area contributed by atoms with Crippen LogP contribution >= 0.6 is 0 Å². The Morgan fingerprint density at radius 2 is 2.14 bits per heavy atom. The van der Waals surface area contributed by atoms with Crippen molar-refractivity contribution in [2.45, 2.75) is 26.3 Å². The minimum atomic E-state index is -0.569. The van der Waals surface area contributed by atoms with Crippen molar-refractivity contribution < 1.29 is 19.1 Å². The molecule has 1 aromatic carbocycles. The van der Waals surface area contributed by atoms with E-state index in [1.54, 1.807) is 44.2 Å². The van der Waals surface area contributed by atoms with Gasteiger partial charge >= 0.3 is 5.97 Å². The van der Waals surface area contributed by atoms with Crippen molar-refractivity contribution >= 4 is 29.2 Å². The predicted molar refractivity (Wildman–Crippen MR) is 82.4 cm³/mol. The van der Waals surface area contributed by atoms with E-state index in [2.05, 4.69) is 5.32 Å².